The van der Waals surface area contributed by atoms with Gasteiger partial charge in [-0.15, -0.1) is 0 Å². The van der Waals surface area contributed by atoms with Gasteiger partial charge in [-0.3, -0.25) is 0 Å². The monoisotopic (exact) mass is 304 g/mol. The van der Waals surface area contributed by atoms with Gasteiger partial charge in [-0.2, -0.15) is 0 Å². The maximum atomic E-state index is 5.64. The first kappa shape index (κ1) is 19.2. The second-order valence-corrected chi connectivity index (χ2v) is 6.33. The number of unbranched alkanes of at least 4 members (excludes halogenated alkanes) is 7. The Kier molecular flexibility index (Phi) is 12.1. The fraction of sp³-hybridized carbons (Fsp3) is 0.714. The highest BCUT2D eigenvalue weighted by atomic mass is 16.6. The van der Waals surface area contributed by atoms with E-state index in [1.165, 1.54) is 51.4 Å². The third-order valence-corrected chi connectivity index (χ3v) is 4.18. The lowest BCUT2D eigenvalue weighted by Crippen LogP contribution is -1.89. The summed E-state index contributed by atoms with van der Waals surface area (Å²) in [6, 6.07) is 0. The molecule has 1 heterocycles. The zero-order valence-corrected chi connectivity index (χ0v) is 14.8. The average molecular weight is 305 g/mol. The molecule has 0 spiro atoms. The van der Waals surface area contributed by atoms with Crippen LogP contribution in [0.25, 0.3) is 0 Å². The molecule has 1 saturated heterocycles. The molecule has 0 aliphatic carbocycles. The molecule has 1 aliphatic rings. The Morgan fingerprint density at radius 1 is 0.682 bits per heavy atom. The van der Waals surface area contributed by atoms with E-state index in [0.29, 0.717) is 12.2 Å². The number of epoxide rings is 1. The molecule has 2 atom stereocenters. The van der Waals surface area contributed by atoms with Crippen LogP contribution in [0.3, 0.4) is 0 Å². The number of ether oxygens (including phenoxy) is 1. The van der Waals surface area contributed by atoms with E-state index in [2.05, 4.69) is 50.3 Å². The van der Waals surface area contributed by atoms with Crippen LogP contribution in [0, 0.1) is 0 Å². The summed E-state index contributed by atoms with van der Waals surface area (Å²) in [5, 5.41) is 0. The third-order valence-electron chi connectivity index (χ3n) is 4.18. The van der Waals surface area contributed by atoms with Gasteiger partial charge in [0.05, 0.1) is 12.2 Å². The lowest BCUT2D eigenvalue weighted by Gasteiger charge is -1.98. The molecule has 0 aromatic heterocycles. The fourth-order valence-corrected chi connectivity index (χ4v) is 2.68. The zero-order chi connectivity index (χ0) is 15.9. The van der Waals surface area contributed by atoms with E-state index in [1.807, 2.05) is 0 Å². The molecule has 0 aromatic rings. The number of hydrogen-bond acceptors (Lipinski definition) is 1. The van der Waals surface area contributed by atoms with Crippen LogP contribution in [0.5, 0.6) is 0 Å². The van der Waals surface area contributed by atoms with Crippen LogP contribution in [0.2, 0.25) is 0 Å². The SMILES string of the molecule is CC/C=C\CC1OC1C/C=C\C=C\CCCCCCCCC. The van der Waals surface area contributed by atoms with Crippen molar-refractivity contribution in [3.05, 3.63) is 36.5 Å². The molecule has 22 heavy (non-hydrogen) atoms. The van der Waals surface area contributed by atoms with Gasteiger partial charge in [0.15, 0.2) is 0 Å². The Bertz CT molecular complexity index is 327. The van der Waals surface area contributed by atoms with Gasteiger partial charge >= 0.3 is 0 Å². The van der Waals surface area contributed by atoms with Gasteiger partial charge in [0.25, 0.3) is 0 Å². The molecular formula is C21H36O. The fourth-order valence-electron chi connectivity index (χ4n) is 2.68. The first-order chi connectivity index (χ1) is 10.9. The maximum absolute atomic E-state index is 5.64. The van der Waals surface area contributed by atoms with Gasteiger partial charge in [-0.1, -0.05) is 88.8 Å². The molecular weight excluding hydrogens is 268 g/mol. The highest BCUT2D eigenvalue weighted by molar-refractivity contribution is 5.05. The number of rotatable bonds is 14. The summed E-state index contributed by atoms with van der Waals surface area (Å²) in [5.74, 6) is 0. The van der Waals surface area contributed by atoms with Crippen molar-refractivity contribution in [1.29, 1.82) is 0 Å². The molecule has 1 heteroatoms. The summed E-state index contributed by atoms with van der Waals surface area (Å²) in [6.45, 7) is 4.45. The Labute approximate surface area is 138 Å². The smallest absolute Gasteiger partial charge is 0.0879 e. The predicted molar refractivity (Wildman–Crippen MR) is 98.2 cm³/mol. The van der Waals surface area contributed by atoms with Crippen LogP contribution in [-0.2, 0) is 4.74 Å². The summed E-state index contributed by atoms with van der Waals surface area (Å²) in [4.78, 5) is 0. The molecule has 1 rings (SSSR count). The minimum Gasteiger partial charge on any atom is -0.369 e. The van der Waals surface area contributed by atoms with Gasteiger partial charge in [0.1, 0.15) is 0 Å². The molecule has 2 unspecified atom stereocenters. The summed E-state index contributed by atoms with van der Waals surface area (Å²) < 4.78 is 5.64. The quantitative estimate of drug-likeness (QED) is 0.150. The number of allylic oxidation sites excluding steroid dienone is 4. The molecule has 0 saturated carbocycles. The lowest BCUT2D eigenvalue weighted by atomic mass is 10.1. The molecule has 0 bridgehead atoms. The van der Waals surface area contributed by atoms with Crippen molar-refractivity contribution < 1.29 is 4.74 Å². The topological polar surface area (TPSA) is 12.5 Å². The normalized spacial score (nSPS) is 21.5. The molecule has 0 aromatic carbocycles. The standard InChI is InChI=1S/C21H36O/c1-3-5-7-8-9-10-11-12-13-14-15-17-19-21-20(22-21)18-16-6-4-2/h6,13-17,20-21H,3-5,7-12,18-19H2,1-2H3/b14-13+,16-6-,17-15-. The highest BCUT2D eigenvalue weighted by Gasteiger charge is 2.35. The van der Waals surface area contributed by atoms with E-state index in [9.17, 15) is 0 Å². The molecule has 0 amide bonds. The van der Waals surface area contributed by atoms with E-state index in [-0.39, 0.29) is 0 Å². The minimum atomic E-state index is 0.467. The molecule has 126 valence electrons. The van der Waals surface area contributed by atoms with Crippen molar-refractivity contribution in [2.45, 2.75) is 96.7 Å². The van der Waals surface area contributed by atoms with E-state index in [0.717, 1.165) is 19.3 Å². The number of hydrogen-bond donors (Lipinski definition) is 0. The van der Waals surface area contributed by atoms with E-state index in [4.69, 9.17) is 4.74 Å². The largest absolute Gasteiger partial charge is 0.369 e. The van der Waals surface area contributed by atoms with Crippen molar-refractivity contribution in [2.24, 2.45) is 0 Å². The molecule has 0 radical (unpaired) electrons. The Balaban J connectivity index is 1.86. The summed E-state index contributed by atoms with van der Waals surface area (Å²) in [7, 11) is 0. The second kappa shape index (κ2) is 13.8. The van der Waals surface area contributed by atoms with Crippen molar-refractivity contribution >= 4 is 0 Å². The van der Waals surface area contributed by atoms with Crippen molar-refractivity contribution in [2.75, 3.05) is 0 Å². The van der Waals surface area contributed by atoms with Gasteiger partial charge in [0.2, 0.25) is 0 Å². The van der Waals surface area contributed by atoms with E-state index < -0.39 is 0 Å². The maximum Gasteiger partial charge on any atom is 0.0879 e. The Hall–Kier alpha value is -0.820. The molecule has 1 aliphatic heterocycles. The summed E-state index contributed by atoms with van der Waals surface area (Å²) in [6.07, 6.45) is 28.6. The Morgan fingerprint density at radius 3 is 2.05 bits per heavy atom. The van der Waals surface area contributed by atoms with Crippen molar-refractivity contribution in [1.82, 2.24) is 0 Å². The lowest BCUT2D eigenvalue weighted by molar-refractivity contribution is 0.372. The first-order valence-electron chi connectivity index (χ1n) is 9.50. The van der Waals surface area contributed by atoms with Crippen LogP contribution >= 0.6 is 0 Å². The molecule has 0 N–H and O–H groups in total. The third kappa shape index (κ3) is 10.8. The van der Waals surface area contributed by atoms with Gasteiger partial charge in [0, 0.05) is 0 Å². The van der Waals surface area contributed by atoms with Crippen LogP contribution in [0.15, 0.2) is 36.5 Å². The van der Waals surface area contributed by atoms with Crippen LogP contribution in [0.1, 0.15) is 84.5 Å². The van der Waals surface area contributed by atoms with Crippen molar-refractivity contribution in [3.8, 4) is 0 Å². The molecule has 1 fully saturated rings. The Morgan fingerprint density at radius 2 is 1.32 bits per heavy atom. The average Bonchev–Trinajstić information content (AvgIpc) is 3.27. The minimum absolute atomic E-state index is 0.467. The van der Waals surface area contributed by atoms with Crippen LogP contribution in [-0.4, -0.2) is 12.2 Å². The summed E-state index contributed by atoms with van der Waals surface area (Å²) in [5.41, 5.74) is 0. The predicted octanol–water partition coefficient (Wildman–Crippen LogP) is 6.75. The summed E-state index contributed by atoms with van der Waals surface area (Å²) >= 11 is 0. The zero-order valence-electron chi connectivity index (χ0n) is 14.8. The van der Waals surface area contributed by atoms with Gasteiger partial charge in [-0.25, -0.2) is 0 Å². The van der Waals surface area contributed by atoms with Gasteiger partial charge < -0.3 is 4.74 Å². The van der Waals surface area contributed by atoms with Crippen LogP contribution < -0.4 is 0 Å². The van der Waals surface area contributed by atoms with Gasteiger partial charge in [-0.05, 0) is 32.1 Å². The van der Waals surface area contributed by atoms with E-state index in [1.54, 1.807) is 0 Å². The van der Waals surface area contributed by atoms with E-state index >= 15 is 0 Å². The van der Waals surface area contributed by atoms with Crippen LogP contribution in [0.4, 0.5) is 0 Å². The first-order valence-corrected chi connectivity index (χ1v) is 9.50. The highest BCUT2D eigenvalue weighted by Crippen LogP contribution is 2.28. The second-order valence-electron chi connectivity index (χ2n) is 6.33. The van der Waals surface area contributed by atoms with Crippen molar-refractivity contribution in [3.63, 3.8) is 0 Å². The molecule has 1 nitrogen and oxygen atoms in total.